The quantitative estimate of drug-likeness (QED) is 0.832. The number of rotatable bonds is 2. The lowest BCUT2D eigenvalue weighted by Crippen LogP contribution is -2.50. The zero-order chi connectivity index (χ0) is 16.3. The van der Waals surface area contributed by atoms with Gasteiger partial charge in [0.2, 0.25) is 0 Å². The first kappa shape index (κ1) is 16.8. The molecule has 7 nitrogen and oxygen atoms in total. The summed E-state index contributed by atoms with van der Waals surface area (Å²) in [5.74, 6) is 0.617. The van der Waals surface area contributed by atoms with Crippen molar-refractivity contribution in [3.8, 4) is 0 Å². The van der Waals surface area contributed by atoms with Crippen molar-refractivity contribution in [2.24, 2.45) is 0 Å². The van der Waals surface area contributed by atoms with Gasteiger partial charge in [-0.2, -0.15) is 0 Å². The third-order valence-electron chi connectivity index (χ3n) is 3.26. The number of carbonyl (C=O) groups is 1. The van der Waals surface area contributed by atoms with Crippen LogP contribution in [0.2, 0.25) is 5.15 Å². The molecule has 0 atom stereocenters. The van der Waals surface area contributed by atoms with Gasteiger partial charge in [-0.3, -0.25) is 0 Å². The van der Waals surface area contributed by atoms with Crippen molar-refractivity contribution in [1.29, 1.82) is 0 Å². The van der Waals surface area contributed by atoms with Crippen LogP contribution in [0.3, 0.4) is 0 Å². The van der Waals surface area contributed by atoms with Crippen molar-refractivity contribution in [1.82, 2.24) is 14.9 Å². The number of piperazine rings is 1. The van der Waals surface area contributed by atoms with Gasteiger partial charge in [0.25, 0.3) is 0 Å². The summed E-state index contributed by atoms with van der Waals surface area (Å²) in [5, 5.41) is 9.67. The van der Waals surface area contributed by atoms with Gasteiger partial charge < -0.3 is 19.6 Å². The van der Waals surface area contributed by atoms with E-state index in [1.807, 2.05) is 25.7 Å². The highest BCUT2D eigenvalue weighted by molar-refractivity contribution is 6.30. The minimum atomic E-state index is -0.502. The Kier molecular flexibility index (Phi) is 5.08. The van der Waals surface area contributed by atoms with Crippen molar-refractivity contribution in [2.75, 3.05) is 31.1 Å². The van der Waals surface area contributed by atoms with Gasteiger partial charge >= 0.3 is 6.09 Å². The van der Waals surface area contributed by atoms with Crippen molar-refractivity contribution in [3.63, 3.8) is 0 Å². The SMILES string of the molecule is CC(C)(C)OC(=O)N1CCN(c2ncnc(Cl)c2CO)CC1. The van der Waals surface area contributed by atoms with Crippen molar-refractivity contribution >= 4 is 23.5 Å². The molecular formula is C14H21ClN4O3. The van der Waals surface area contributed by atoms with Gasteiger partial charge in [0.05, 0.1) is 12.2 Å². The maximum atomic E-state index is 12.0. The van der Waals surface area contributed by atoms with E-state index >= 15 is 0 Å². The fraction of sp³-hybridized carbons (Fsp3) is 0.643. The van der Waals surface area contributed by atoms with Crippen LogP contribution in [0.4, 0.5) is 10.6 Å². The van der Waals surface area contributed by atoms with Gasteiger partial charge in [-0.05, 0) is 20.8 Å². The number of aromatic nitrogens is 2. The Balaban J connectivity index is 2.01. The maximum Gasteiger partial charge on any atom is 0.410 e. The van der Waals surface area contributed by atoms with Crippen molar-refractivity contribution in [3.05, 3.63) is 17.0 Å². The molecule has 0 saturated carbocycles. The normalized spacial score (nSPS) is 15.9. The highest BCUT2D eigenvalue weighted by atomic mass is 35.5. The largest absolute Gasteiger partial charge is 0.444 e. The third kappa shape index (κ3) is 3.98. The van der Waals surface area contributed by atoms with Crippen molar-refractivity contribution in [2.45, 2.75) is 33.0 Å². The molecule has 2 rings (SSSR count). The van der Waals surface area contributed by atoms with E-state index in [9.17, 15) is 9.90 Å². The van der Waals surface area contributed by atoms with Gasteiger partial charge in [0.15, 0.2) is 0 Å². The van der Waals surface area contributed by atoms with Crippen LogP contribution < -0.4 is 4.90 Å². The van der Waals surface area contributed by atoms with E-state index in [0.717, 1.165) is 0 Å². The molecule has 2 heterocycles. The first-order valence-electron chi connectivity index (χ1n) is 7.15. The standard InChI is InChI=1S/C14H21ClN4O3/c1-14(2,3)22-13(21)19-6-4-18(5-7-19)12-10(8-20)11(15)16-9-17-12/h9,20H,4-8H2,1-3H3. The summed E-state index contributed by atoms with van der Waals surface area (Å²) in [5.41, 5.74) is 0.00762. The molecule has 0 aliphatic carbocycles. The van der Waals surface area contributed by atoms with Crippen LogP contribution in [0.25, 0.3) is 0 Å². The molecule has 1 aliphatic rings. The number of amides is 1. The van der Waals surface area contributed by atoms with Crippen LogP contribution in [0.15, 0.2) is 6.33 Å². The zero-order valence-electron chi connectivity index (χ0n) is 13.0. The van der Waals surface area contributed by atoms with E-state index in [4.69, 9.17) is 16.3 Å². The van der Waals surface area contributed by atoms with Crippen LogP contribution in [0, 0.1) is 0 Å². The summed E-state index contributed by atoms with van der Waals surface area (Å²) >= 11 is 5.98. The van der Waals surface area contributed by atoms with Crippen molar-refractivity contribution < 1.29 is 14.6 Å². The number of aliphatic hydroxyl groups is 1. The Labute approximate surface area is 134 Å². The number of halogens is 1. The fourth-order valence-corrected chi connectivity index (χ4v) is 2.41. The minimum absolute atomic E-state index is 0.221. The molecule has 22 heavy (non-hydrogen) atoms. The Morgan fingerprint density at radius 3 is 2.50 bits per heavy atom. The topological polar surface area (TPSA) is 78.8 Å². The highest BCUT2D eigenvalue weighted by Gasteiger charge is 2.27. The van der Waals surface area contributed by atoms with Gasteiger partial charge in [0.1, 0.15) is 22.9 Å². The first-order chi connectivity index (χ1) is 10.3. The summed E-state index contributed by atoms with van der Waals surface area (Å²) in [6, 6.07) is 0. The number of carbonyl (C=O) groups excluding carboxylic acids is 1. The molecule has 122 valence electrons. The molecule has 1 amide bonds. The van der Waals surface area contributed by atoms with E-state index in [-0.39, 0.29) is 17.9 Å². The number of anilines is 1. The van der Waals surface area contributed by atoms with E-state index in [1.165, 1.54) is 6.33 Å². The van der Waals surface area contributed by atoms with Crippen LogP contribution in [-0.2, 0) is 11.3 Å². The second-order valence-electron chi connectivity index (χ2n) is 6.08. The summed E-state index contributed by atoms with van der Waals surface area (Å²) in [6.45, 7) is 7.57. The second-order valence-corrected chi connectivity index (χ2v) is 6.44. The molecule has 0 radical (unpaired) electrons. The molecule has 0 bridgehead atoms. The van der Waals surface area contributed by atoms with E-state index in [1.54, 1.807) is 4.90 Å². The van der Waals surface area contributed by atoms with Crippen LogP contribution in [-0.4, -0.2) is 57.8 Å². The average molecular weight is 329 g/mol. The molecule has 1 aromatic rings. The fourth-order valence-electron chi connectivity index (χ4n) is 2.22. The average Bonchev–Trinajstić information content (AvgIpc) is 2.45. The first-order valence-corrected chi connectivity index (χ1v) is 7.52. The van der Waals surface area contributed by atoms with Gasteiger partial charge in [-0.15, -0.1) is 0 Å². The molecule has 0 unspecified atom stereocenters. The predicted molar refractivity (Wildman–Crippen MR) is 83.0 cm³/mol. The molecular weight excluding hydrogens is 308 g/mol. The lowest BCUT2D eigenvalue weighted by Gasteiger charge is -2.36. The zero-order valence-corrected chi connectivity index (χ0v) is 13.8. The minimum Gasteiger partial charge on any atom is -0.444 e. The molecule has 0 aromatic carbocycles. The summed E-state index contributed by atoms with van der Waals surface area (Å²) in [7, 11) is 0. The molecule has 1 fully saturated rings. The van der Waals surface area contributed by atoms with E-state index in [2.05, 4.69) is 9.97 Å². The lowest BCUT2D eigenvalue weighted by atomic mass is 10.2. The molecule has 8 heteroatoms. The van der Waals surface area contributed by atoms with Crippen LogP contribution >= 0.6 is 11.6 Å². The Morgan fingerprint density at radius 1 is 1.32 bits per heavy atom. The number of hydrogen-bond donors (Lipinski definition) is 1. The Bertz CT molecular complexity index is 539. The lowest BCUT2D eigenvalue weighted by molar-refractivity contribution is 0.0240. The Hall–Kier alpha value is -1.60. The number of nitrogens with zero attached hydrogens (tertiary/aromatic N) is 4. The molecule has 1 N–H and O–H groups in total. The molecule has 0 spiro atoms. The van der Waals surface area contributed by atoms with E-state index in [0.29, 0.717) is 37.6 Å². The summed E-state index contributed by atoms with van der Waals surface area (Å²) in [6.07, 6.45) is 1.06. The van der Waals surface area contributed by atoms with Crippen LogP contribution in [0.5, 0.6) is 0 Å². The second kappa shape index (κ2) is 6.66. The highest BCUT2D eigenvalue weighted by Crippen LogP contribution is 2.24. The number of hydrogen-bond acceptors (Lipinski definition) is 6. The summed E-state index contributed by atoms with van der Waals surface area (Å²) < 4.78 is 5.36. The van der Waals surface area contributed by atoms with Gasteiger partial charge in [-0.25, -0.2) is 14.8 Å². The van der Waals surface area contributed by atoms with Gasteiger partial charge in [0, 0.05) is 26.2 Å². The number of ether oxygens (including phenoxy) is 1. The monoisotopic (exact) mass is 328 g/mol. The molecule has 1 saturated heterocycles. The number of aliphatic hydroxyl groups excluding tert-OH is 1. The maximum absolute atomic E-state index is 12.0. The van der Waals surface area contributed by atoms with Gasteiger partial charge in [-0.1, -0.05) is 11.6 Å². The summed E-state index contributed by atoms with van der Waals surface area (Å²) in [4.78, 5) is 23.8. The van der Waals surface area contributed by atoms with E-state index < -0.39 is 5.60 Å². The predicted octanol–water partition coefficient (Wildman–Crippen LogP) is 1.68. The van der Waals surface area contributed by atoms with Crippen LogP contribution in [0.1, 0.15) is 26.3 Å². The Morgan fingerprint density at radius 2 is 1.95 bits per heavy atom. The third-order valence-corrected chi connectivity index (χ3v) is 3.58. The smallest absolute Gasteiger partial charge is 0.410 e. The molecule has 1 aliphatic heterocycles. The molecule has 1 aromatic heterocycles.